The van der Waals surface area contributed by atoms with Gasteiger partial charge in [0.15, 0.2) is 11.6 Å². The summed E-state index contributed by atoms with van der Waals surface area (Å²) >= 11 is 0. The first kappa shape index (κ1) is 22.5. The molecule has 1 heterocycles. The molecule has 0 aliphatic carbocycles. The van der Waals surface area contributed by atoms with Gasteiger partial charge in [0.2, 0.25) is 0 Å². The summed E-state index contributed by atoms with van der Waals surface area (Å²) in [4.78, 5) is 15.3. The fourth-order valence-corrected chi connectivity index (χ4v) is 3.89. The average Bonchev–Trinajstić information content (AvgIpc) is 2.52. The molecule has 0 radical (unpaired) electrons. The molecule has 0 atom stereocenters. The second kappa shape index (κ2) is 8.92. The highest BCUT2D eigenvalue weighted by Crippen LogP contribution is 2.54. The minimum atomic E-state index is -3.60. The summed E-state index contributed by atoms with van der Waals surface area (Å²) in [5.74, 6) is -2.05. The predicted molar refractivity (Wildman–Crippen MR) is 98.9 cm³/mol. The number of hydrogen-bond acceptors (Lipinski definition) is 8. The SMILES string of the molecule is COC(C)(C)OP(=O)(C/C=C/Cn1ccc(N)nc1=O)OC(C)(C)OC. The van der Waals surface area contributed by atoms with Crippen molar-refractivity contribution in [2.24, 2.45) is 0 Å². The van der Waals surface area contributed by atoms with Gasteiger partial charge in [-0.3, -0.25) is 18.2 Å². The molecule has 0 saturated carbocycles. The van der Waals surface area contributed by atoms with Crippen molar-refractivity contribution in [2.45, 2.75) is 45.8 Å². The Labute approximate surface area is 153 Å². The quantitative estimate of drug-likeness (QED) is 0.368. The second-order valence-corrected chi connectivity index (χ2v) is 8.39. The molecule has 0 aliphatic heterocycles. The van der Waals surface area contributed by atoms with Crippen LogP contribution in [0.5, 0.6) is 0 Å². The Balaban J connectivity index is 2.88. The van der Waals surface area contributed by atoms with Crippen LogP contribution in [0.4, 0.5) is 5.82 Å². The fraction of sp³-hybridized carbons (Fsp3) is 0.625. The number of rotatable bonds is 10. The first-order valence-electron chi connectivity index (χ1n) is 8.01. The summed E-state index contributed by atoms with van der Waals surface area (Å²) in [6.45, 7) is 6.77. The fourth-order valence-electron chi connectivity index (χ4n) is 1.81. The van der Waals surface area contributed by atoms with E-state index in [2.05, 4.69) is 4.98 Å². The van der Waals surface area contributed by atoms with Gasteiger partial charge in [-0.15, -0.1) is 0 Å². The maximum atomic E-state index is 13.1. The highest BCUT2D eigenvalue weighted by atomic mass is 31.2. The van der Waals surface area contributed by atoms with Gasteiger partial charge < -0.3 is 15.2 Å². The van der Waals surface area contributed by atoms with Gasteiger partial charge in [0, 0.05) is 27.0 Å². The summed E-state index contributed by atoms with van der Waals surface area (Å²) < 4.78 is 36.0. The van der Waals surface area contributed by atoms with Crippen molar-refractivity contribution in [2.75, 3.05) is 26.1 Å². The molecule has 9 nitrogen and oxygen atoms in total. The van der Waals surface area contributed by atoms with Crippen LogP contribution in [0, 0.1) is 0 Å². The summed E-state index contributed by atoms with van der Waals surface area (Å²) in [5.41, 5.74) is 4.98. The molecular formula is C16H28N3O6P. The maximum absolute atomic E-state index is 13.1. The van der Waals surface area contributed by atoms with Crippen molar-refractivity contribution >= 4 is 13.4 Å². The maximum Gasteiger partial charge on any atom is 0.349 e. The molecule has 148 valence electrons. The van der Waals surface area contributed by atoms with Crippen molar-refractivity contribution in [3.8, 4) is 0 Å². The molecule has 0 amide bonds. The van der Waals surface area contributed by atoms with Crippen LogP contribution in [0.3, 0.4) is 0 Å². The van der Waals surface area contributed by atoms with Gasteiger partial charge in [0.05, 0.1) is 6.16 Å². The van der Waals surface area contributed by atoms with Crippen LogP contribution in [-0.4, -0.2) is 41.5 Å². The first-order chi connectivity index (χ1) is 11.9. The van der Waals surface area contributed by atoms with Crippen LogP contribution >= 0.6 is 7.60 Å². The van der Waals surface area contributed by atoms with E-state index in [1.54, 1.807) is 39.8 Å². The Hall–Kier alpha value is -1.51. The van der Waals surface area contributed by atoms with Crippen molar-refractivity contribution in [1.82, 2.24) is 9.55 Å². The average molecular weight is 389 g/mol. The Morgan fingerprint density at radius 3 is 2.15 bits per heavy atom. The number of methoxy groups -OCH3 is 2. The normalized spacial score (nSPS) is 13.5. The topological polar surface area (TPSA) is 115 Å². The zero-order valence-electron chi connectivity index (χ0n) is 16.1. The van der Waals surface area contributed by atoms with E-state index in [-0.39, 0.29) is 18.5 Å². The van der Waals surface area contributed by atoms with Gasteiger partial charge in [0.25, 0.3) is 0 Å². The molecule has 0 unspecified atom stereocenters. The Kier molecular flexibility index (Phi) is 7.73. The molecule has 1 aromatic rings. The number of nitrogens with zero attached hydrogens (tertiary/aromatic N) is 2. The third-order valence-corrected chi connectivity index (χ3v) is 5.49. The molecule has 1 aromatic heterocycles. The molecule has 0 aromatic carbocycles. The van der Waals surface area contributed by atoms with Crippen LogP contribution in [0.15, 0.2) is 29.2 Å². The van der Waals surface area contributed by atoms with Gasteiger partial charge in [0.1, 0.15) is 5.82 Å². The van der Waals surface area contributed by atoms with Crippen molar-refractivity contribution < 1.29 is 23.1 Å². The number of nitrogens with two attached hydrogens (primary N) is 1. The lowest BCUT2D eigenvalue weighted by Crippen LogP contribution is -2.31. The van der Waals surface area contributed by atoms with Crippen molar-refractivity contribution in [3.05, 3.63) is 34.9 Å². The van der Waals surface area contributed by atoms with Crippen molar-refractivity contribution in [3.63, 3.8) is 0 Å². The lowest BCUT2D eigenvalue weighted by atomic mass is 10.4. The van der Waals surface area contributed by atoms with Crippen molar-refractivity contribution in [1.29, 1.82) is 0 Å². The molecule has 26 heavy (non-hydrogen) atoms. The summed E-state index contributed by atoms with van der Waals surface area (Å²) in [7, 11) is -0.703. The second-order valence-electron chi connectivity index (χ2n) is 6.44. The third-order valence-electron chi connectivity index (χ3n) is 3.39. The van der Waals surface area contributed by atoms with Gasteiger partial charge in [-0.25, -0.2) is 4.79 Å². The lowest BCUT2D eigenvalue weighted by molar-refractivity contribution is -0.173. The van der Waals surface area contributed by atoms with Crippen LogP contribution in [0.2, 0.25) is 0 Å². The molecule has 0 aliphatic rings. The van der Waals surface area contributed by atoms with Gasteiger partial charge in [-0.2, -0.15) is 4.98 Å². The number of hydrogen-bond donors (Lipinski definition) is 1. The monoisotopic (exact) mass is 389 g/mol. The Morgan fingerprint density at radius 1 is 1.15 bits per heavy atom. The van der Waals surface area contributed by atoms with E-state index in [9.17, 15) is 9.36 Å². The number of ether oxygens (including phenoxy) is 2. The molecule has 0 fully saturated rings. The van der Waals surface area contributed by atoms with E-state index in [0.29, 0.717) is 0 Å². The van der Waals surface area contributed by atoms with Crippen LogP contribution in [0.25, 0.3) is 0 Å². The van der Waals surface area contributed by atoms with Gasteiger partial charge in [-0.05, 0) is 33.8 Å². The lowest BCUT2D eigenvalue weighted by Gasteiger charge is -2.33. The molecule has 2 N–H and O–H groups in total. The number of allylic oxidation sites excluding steroid dienone is 2. The Morgan fingerprint density at radius 2 is 1.69 bits per heavy atom. The zero-order chi connectivity index (χ0) is 20.0. The van der Waals surface area contributed by atoms with Crippen LogP contribution in [-0.2, 0) is 29.6 Å². The molecule has 0 bridgehead atoms. The largest absolute Gasteiger partial charge is 0.383 e. The predicted octanol–water partition coefficient (Wildman–Crippen LogP) is 2.37. The van der Waals surface area contributed by atoms with E-state index in [1.165, 1.54) is 31.0 Å². The minimum absolute atomic E-state index is 0.0241. The standard InChI is InChI=1S/C16H28N3O6P/c1-15(2,22-5)24-26(21,25-16(3,4)23-6)12-8-7-10-19-11-9-13(17)18-14(19)20/h7-9,11H,10,12H2,1-6H3,(H2,17,18,20)/b8-7+. The van der Waals surface area contributed by atoms with E-state index < -0.39 is 24.9 Å². The number of nitrogen functional groups attached to an aromatic ring is 1. The third kappa shape index (κ3) is 7.39. The van der Waals surface area contributed by atoms with Crippen LogP contribution in [0.1, 0.15) is 27.7 Å². The summed E-state index contributed by atoms with van der Waals surface area (Å²) in [6, 6.07) is 1.52. The van der Waals surface area contributed by atoms with Crippen LogP contribution < -0.4 is 11.4 Å². The summed E-state index contributed by atoms with van der Waals surface area (Å²) in [5, 5.41) is 0. The highest BCUT2D eigenvalue weighted by molar-refractivity contribution is 7.54. The first-order valence-corrected chi connectivity index (χ1v) is 9.73. The zero-order valence-corrected chi connectivity index (χ0v) is 17.0. The smallest absolute Gasteiger partial charge is 0.349 e. The van der Waals surface area contributed by atoms with E-state index >= 15 is 0 Å². The van der Waals surface area contributed by atoms with Gasteiger partial charge in [-0.1, -0.05) is 12.2 Å². The molecular weight excluding hydrogens is 361 g/mol. The minimum Gasteiger partial charge on any atom is -0.383 e. The molecule has 0 spiro atoms. The van der Waals surface area contributed by atoms with E-state index in [0.717, 1.165) is 0 Å². The van der Waals surface area contributed by atoms with E-state index in [1.807, 2.05) is 0 Å². The van der Waals surface area contributed by atoms with E-state index in [4.69, 9.17) is 24.3 Å². The molecule has 0 saturated heterocycles. The molecule has 1 rings (SSSR count). The molecule has 10 heteroatoms. The Bertz CT molecular complexity index is 707. The van der Waals surface area contributed by atoms with Gasteiger partial charge >= 0.3 is 13.3 Å². The number of anilines is 1. The number of aromatic nitrogens is 2. The summed E-state index contributed by atoms with van der Waals surface area (Å²) in [6.07, 6.45) is 4.78. The highest BCUT2D eigenvalue weighted by Gasteiger charge is 2.38.